The van der Waals surface area contributed by atoms with E-state index in [1.54, 1.807) is 30.9 Å². The highest BCUT2D eigenvalue weighted by Gasteiger charge is 2.20. The number of nitrogens with one attached hydrogen (secondary N) is 2. The van der Waals surface area contributed by atoms with E-state index >= 15 is 0 Å². The van der Waals surface area contributed by atoms with Crippen molar-refractivity contribution >= 4 is 51.5 Å². The summed E-state index contributed by atoms with van der Waals surface area (Å²) in [5, 5.41) is 6.51. The minimum Gasteiger partial charge on any atom is -0.356 e. The summed E-state index contributed by atoms with van der Waals surface area (Å²) in [5.41, 5.74) is -0.140. The zero-order valence-electron chi connectivity index (χ0n) is 16.4. The average molecular weight is 532 g/mol. The number of nitrogens with zero attached hydrogens (tertiary/aromatic N) is 1. The summed E-state index contributed by atoms with van der Waals surface area (Å²) in [6.45, 7) is 5.50. The highest BCUT2D eigenvalue weighted by atomic mass is 127. The van der Waals surface area contributed by atoms with Gasteiger partial charge in [-0.05, 0) is 48.3 Å². The lowest BCUT2D eigenvalue weighted by Crippen LogP contribution is -2.42. The van der Waals surface area contributed by atoms with E-state index < -0.39 is 9.84 Å². The second-order valence-electron chi connectivity index (χ2n) is 7.05. The molecule has 2 N–H and O–H groups in total. The Balaban J connectivity index is 0.00000676. The molecule has 0 unspecified atom stereocenters. The molecule has 0 aromatic heterocycles. The number of sulfone groups is 1. The number of guanidine groups is 1. The lowest BCUT2D eigenvalue weighted by molar-refractivity contribution is 0.348. The maximum Gasteiger partial charge on any atom is 0.190 e. The van der Waals surface area contributed by atoms with E-state index in [0.29, 0.717) is 18.9 Å². The number of halogens is 2. The maximum absolute atomic E-state index is 12.9. The Labute approximate surface area is 184 Å². The van der Waals surface area contributed by atoms with Crippen LogP contribution in [0.4, 0.5) is 4.39 Å². The van der Waals surface area contributed by atoms with Crippen molar-refractivity contribution in [1.29, 1.82) is 0 Å². The molecule has 5 nitrogen and oxygen atoms in total. The third-order valence-electron chi connectivity index (χ3n) is 3.80. The molecular weight excluding hydrogens is 500 g/mol. The van der Waals surface area contributed by atoms with Crippen LogP contribution in [0.2, 0.25) is 0 Å². The van der Waals surface area contributed by atoms with E-state index in [4.69, 9.17) is 0 Å². The minimum atomic E-state index is -2.94. The van der Waals surface area contributed by atoms with Crippen molar-refractivity contribution in [3.05, 3.63) is 30.1 Å². The van der Waals surface area contributed by atoms with Gasteiger partial charge in [-0.2, -0.15) is 0 Å². The molecule has 0 saturated heterocycles. The van der Waals surface area contributed by atoms with E-state index in [2.05, 4.69) is 15.6 Å². The zero-order valence-corrected chi connectivity index (χ0v) is 20.4. The van der Waals surface area contributed by atoms with Gasteiger partial charge in [0.05, 0.1) is 5.75 Å². The smallest absolute Gasteiger partial charge is 0.190 e. The lowest BCUT2D eigenvalue weighted by Gasteiger charge is -2.25. The molecule has 0 aliphatic carbocycles. The van der Waals surface area contributed by atoms with Crippen LogP contribution in [0.5, 0.6) is 0 Å². The third-order valence-corrected chi connectivity index (χ3v) is 5.85. The molecule has 0 aliphatic heterocycles. The Kier molecular flexibility index (Phi) is 12.6. The van der Waals surface area contributed by atoms with Crippen molar-refractivity contribution in [2.24, 2.45) is 10.4 Å². The van der Waals surface area contributed by atoms with Crippen molar-refractivity contribution in [2.45, 2.75) is 31.6 Å². The van der Waals surface area contributed by atoms with E-state index in [1.165, 1.54) is 18.4 Å². The van der Waals surface area contributed by atoms with Crippen molar-refractivity contribution in [2.75, 3.05) is 37.9 Å². The molecule has 156 valence electrons. The van der Waals surface area contributed by atoms with Crippen LogP contribution in [0.1, 0.15) is 26.7 Å². The van der Waals surface area contributed by atoms with E-state index in [9.17, 15) is 12.8 Å². The van der Waals surface area contributed by atoms with Crippen LogP contribution >= 0.6 is 35.7 Å². The van der Waals surface area contributed by atoms with Crippen molar-refractivity contribution in [3.8, 4) is 0 Å². The van der Waals surface area contributed by atoms with Crippen molar-refractivity contribution in [1.82, 2.24) is 10.6 Å². The highest BCUT2D eigenvalue weighted by molar-refractivity contribution is 14.0. The van der Waals surface area contributed by atoms with Crippen LogP contribution in [0.3, 0.4) is 0 Å². The molecule has 1 rings (SSSR count). The van der Waals surface area contributed by atoms with E-state index in [1.807, 2.05) is 13.8 Å². The molecule has 0 heterocycles. The number of aliphatic imine (C=N–C) groups is 1. The maximum atomic E-state index is 12.9. The molecular formula is C18H31FIN3O2S2. The largest absolute Gasteiger partial charge is 0.356 e. The summed E-state index contributed by atoms with van der Waals surface area (Å²) in [6, 6.07) is 6.51. The van der Waals surface area contributed by atoms with Crippen LogP contribution in [-0.2, 0) is 9.84 Å². The molecule has 0 spiro atoms. The normalized spacial score (nSPS) is 12.4. The summed E-state index contributed by atoms with van der Waals surface area (Å²) in [5.74, 6) is 1.61. The van der Waals surface area contributed by atoms with Gasteiger partial charge < -0.3 is 10.6 Å². The van der Waals surface area contributed by atoms with Gasteiger partial charge in [-0.25, -0.2) is 12.8 Å². The molecule has 0 amide bonds. The van der Waals surface area contributed by atoms with E-state index in [0.717, 1.165) is 23.6 Å². The number of hydrogen-bond acceptors (Lipinski definition) is 4. The first-order chi connectivity index (χ1) is 12.1. The van der Waals surface area contributed by atoms with Gasteiger partial charge in [-0.15, -0.1) is 35.7 Å². The first-order valence-corrected chi connectivity index (χ1v) is 11.7. The molecule has 0 saturated carbocycles. The summed E-state index contributed by atoms with van der Waals surface area (Å²) in [6.07, 6.45) is 2.81. The third kappa shape index (κ3) is 13.3. The molecule has 0 atom stereocenters. The Morgan fingerprint density at radius 3 is 2.41 bits per heavy atom. The Morgan fingerprint density at radius 1 is 1.22 bits per heavy atom. The first kappa shape index (κ1) is 26.4. The molecule has 0 radical (unpaired) electrons. The second kappa shape index (κ2) is 12.8. The summed E-state index contributed by atoms with van der Waals surface area (Å²) < 4.78 is 35.5. The zero-order chi connectivity index (χ0) is 19.6. The predicted molar refractivity (Wildman–Crippen MR) is 125 cm³/mol. The van der Waals surface area contributed by atoms with Gasteiger partial charge in [0.15, 0.2) is 5.96 Å². The van der Waals surface area contributed by atoms with Crippen LogP contribution in [-0.4, -0.2) is 52.3 Å². The molecule has 0 aliphatic rings. The topological polar surface area (TPSA) is 70.6 Å². The van der Waals surface area contributed by atoms with Gasteiger partial charge in [0, 0.05) is 31.3 Å². The Morgan fingerprint density at radius 2 is 1.85 bits per heavy atom. The van der Waals surface area contributed by atoms with Crippen molar-refractivity contribution in [3.63, 3.8) is 0 Å². The van der Waals surface area contributed by atoms with Gasteiger partial charge in [0.25, 0.3) is 0 Å². The molecule has 27 heavy (non-hydrogen) atoms. The summed E-state index contributed by atoms with van der Waals surface area (Å²) in [7, 11) is -1.23. The van der Waals surface area contributed by atoms with Gasteiger partial charge >= 0.3 is 0 Å². The Hall–Kier alpha value is -0.550. The fourth-order valence-electron chi connectivity index (χ4n) is 2.09. The van der Waals surface area contributed by atoms with Crippen molar-refractivity contribution < 1.29 is 12.8 Å². The average Bonchev–Trinajstić information content (AvgIpc) is 2.57. The molecule has 1 aromatic rings. The van der Waals surface area contributed by atoms with Gasteiger partial charge in [0.1, 0.15) is 15.7 Å². The predicted octanol–water partition coefficient (Wildman–Crippen LogP) is 3.55. The summed E-state index contributed by atoms with van der Waals surface area (Å²) in [4.78, 5) is 5.25. The van der Waals surface area contributed by atoms with E-state index in [-0.39, 0.29) is 41.0 Å². The molecule has 0 fully saturated rings. The van der Waals surface area contributed by atoms with Gasteiger partial charge in [-0.1, -0.05) is 13.8 Å². The highest BCUT2D eigenvalue weighted by Crippen LogP contribution is 2.20. The molecule has 1 aromatic carbocycles. The SMILES string of the molecule is CN=C(NCCCSc1ccc(F)cc1)NCC(C)(C)CCS(C)(=O)=O.I. The quantitative estimate of drug-likeness (QED) is 0.159. The Bertz CT molecular complexity index is 680. The van der Waals surface area contributed by atoms with Crippen LogP contribution in [0.25, 0.3) is 0 Å². The minimum absolute atomic E-state index is 0. The summed E-state index contributed by atoms with van der Waals surface area (Å²) >= 11 is 1.69. The van der Waals surface area contributed by atoms with Gasteiger partial charge in [0.2, 0.25) is 0 Å². The van der Waals surface area contributed by atoms with Crippen LogP contribution < -0.4 is 10.6 Å². The molecule has 9 heteroatoms. The fourth-order valence-corrected chi connectivity index (χ4v) is 3.87. The lowest BCUT2D eigenvalue weighted by atomic mass is 9.90. The fraction of sp³-hybridized carbons (Fsp3) is 0.611. The number of benzene rings is 1. The van der Waals surface area contributed by atoms with Crippen LogP contribution in [0.15, 0.2) is 34.2 Å². The first-order valence-electron chi connectivity index (χ1n) is 8.62. The second-order valence-corrected chi connectivity index (χ2v) is 10.5. The monoisotopic (exact) mass is 531 g/mol. The molecule has 0 bridgehead atoms. The number of rotatable bonds is 10. The van der Waals surface area contributed by atoms with Crippen LogP contribution in [0, 0.1) is 11.2 Å². The van der Waals surface area contributed by atoms with Gasteiger partial charge in [-0.3, -0.25) is 4.99 Å². The number of thioether (sulfide) groups is 1. The standard InChI is InChI=1S/C18H30FN3O2S2.HI/c1-18(2,10-13-26(4,23)24)14-22-17(20-3)21-11-5-12-25-16-8-6-15(19)7-9-16;/h6-9H,5,10-14H2,1-4H3,(H2,20,21,22);1H. The number of hydrogen-bond donors (Lipinski definition) is 2.